The molecular weight excluding hydrogens is 285 g/mol. The predicted octanol–water partition coefficient (Wildman–Crippen LogP) is 3.36. The van der Waals surface area contributed by atoms with Gasteiger partial charge >= 0.3 is 0 Å². The number of rotatable bonds is 3. The number of carbonyl (C=O) groups excluding carboxylic acids is 2. The first kappa shape index (κ1) is 14.8. The molecule has 116 valence electrons. The monoisotopic (exact) mass is 303 g/mol. The van der Waals surface area contributed by atoms with Crippen LogP contribution in [0.1, 0.15) is 39.5 Å². The van der Waals surface area contributed by atoms with E-state index in [0.717, 1.165) is 17.7 Å². The number of benzene rings is 1. The van der Waals surface area contributed by atoms with Crippen LogP contribution in [0.5, 0.6) is 5.75 Å². The molecule has 0 aromatic heterocycles. The van der Waals surface area contributed by atoms with Gasteiger partial charge in [0, 0.05) is 17.2 Å². The van der Waals surface area contributed by atoms with Crippen LogP contribution in [0.15, 0.2) is 29.3 Å². The fourth-order valence-electron chi connectivity index (χ4n) is 2.97. The van der Waals surface area contributed by atoms with E-state index < -0.39 is 5.82 Å². The van der Waals surface area contributed by atoms with Crippen molar-refractivity contribution in [2.24, 2.45) is 0 Å². The molecule has 4 nitrogen and oxygen atoms in total. The lowest BCUT2D eigenvalue weighted by atomic mass is 9.93. The Morgan fingerprint density at radius 1 is 1.09 bits per heavy atom. The molecule has 0 bridgehead atoms. The Bertz CT molecular complexity index is 650. The maximum absolute atomic E-state index is 14.3. The fourth-order valence-corrected chi connectivity index (χ4v) is 2.97. The van der Waals surface area contributed by atoms with Crippen molar-refractivity contribution in [3.63, 3.8) is 0 Å². The van der Waals surface area contributed by atoms with Gasteiger partial charge in [0.05, 0.1) is 11.8 Å². The summed E-state index contributed by atoms with van der Waals surface area (Å²) in [4.78, 5) is 25.8. The highest BCUT2D eigenvalue weighted by Gasteiger charge is 2.40. The standard InChI is InChI=1S/C17H18FNO3/c1-10(2)22-11-7-8-15(14(18)9-11)19-16(20)12-5-3-4-6-13(12)17(19)21/h7-10H,3-6H2,1-2H3. The average molecular weight is 303 g/mol. The molecule has 0 spiro atoms. The summed E-state index contributed by atoms with van der Waals surface area (Å²) in [6.07, 6.45) is 2.93. The van der Waals surface area contributed by atoms with E-state index in [0.29, 0.717) is 29.7 Å². The highest BCUT2D eigenvalue weighted by Crippen LogP contribution is 2.37. The Kier molecular flexibility index (Phi) is 3.72. The number of imide groups is 1. The van der Waals surface area contributed by atoms with E-state index in [9.17, 15) is 14.0 Å². The molecule has 0 fully saturated rings. The topological polar surface area (TPSA) is 46.6 Å². The van der Waals surface area contributed by atoms with E-state index in [4.69, 9.17) is 4.74 Å². The first-order valence-electron chi connectivity index (χ1n) is 7.56. The highest BCUT2D eigenvalue weighted by molar-refractivity contribution is 6.33. The minimum absolute atomic E-state index is 0.000469. The molecule has 2 aliphatic rings. The molecule has 1 aliphatic carbocycles. The zero-order chi connectivity index (χ0) is 15.9. The molecule has 1 heterocycles. The van der Waals surface area contributed by atoms with Gasteiger partial charge in [-0.3, -0.25) is 9.59 Å². The fraction of sp³-hybridized carbons (Fsp3) is 0.412. The van der Waals surface area contributed by atoms with Gasteiger partial charge in [0.25, 0.3) is 11.8 Å². The number of anilines is 1. The zero-order valence-electron chi connectivity index (χ0n) is 12.7. The van der Waals surface area contributed by atoms with Crippen LogP contribution >= 0.6 is 0 Å². The van der Waals surface area contributed by atoms with Crippen molar-refractivity contribution in [1.29, 1.82) is 0 Å². The third-order valence-electron chi connectivity index (χ3n) is 3.92. The van der Waals surface area contributed by atoms with Gasteiger partial charge in [-0.2, -0.15) is 0 Å². The van der Waals surface area contributed by atoms with Gasteiger partial charge in [0.15, 0.2) is 5.82 Å². The molecule has 0 radical (unpaired) electrons. The summed E-state index contributed by atoms with van der Waals surface area (Å²) in [7, 11) is 0. The molecule has 22 heavy (non-hydrogen) atoms. The van der Waals surface area contributed by atoms with Crippen molar-refractivity contribution in [2.75, 3.05) is 4.90 Å². The van der Waals surface area contributed by atoms with Crippen LogP contribution in [-0.2, 0) is 9.59 Å². The van der Waals surface area contributed by atoms with Crippen molar-refractivity contribution < 1.29 is 18.7 Å². The van der Waals surface area contributed by atoms with Gasteiger partial charge in [-0.25, -0.2) is 9.29 Å². The van der Waals surface area contributed by atoms with E-state index >= 15 is 0 Å². The van der Waals surface area contributed by atoms with E-state index in [1.165, 1.54) is 12.1 Å². The smallest absolute Gasteiger partial charge is 0.261 e. The van der Waals surface area contributed by atoms with Crippen LogP contribution in [-0.4, -0.2) is 17.9 Å². The minimum atomic E-state index is -0.625. The van der Waals surface area contributed by atoms with Gasteiger partial charge in [-0.1, -0.05) is 0 Å². The van der Waals surface area contributed by atoms with Crippen LogP contribution in [0.2, 0.25) is 0 Å². The Morgan fingerprint density at radius 2 is 1.68 bits per heavy atom. The quantitative estimate of drug-likeness (QED) is 0.804. The second-order valence-electron chi connectivity index (χ2n) is 5.89. The van der Waals surface area contributed by atoms with Gasteiger partial charge in [-0.05, 0) is 51.7 Å². The number of nitrogens with zero attached hydrogens (tertiary/aromatic N) is 1. The van der Waals surface area contributed by atoms with Gasteiger partial charge in [0.1, 0.15) is 5.75 Å². The van der Waals surface area contributed by atoms with E-state index in [-0.39, 0.29) is 23.6 Å². The number of ether oxygens (including phenoxy) is 1. The average Bonchev–Trinajstić information content (AvgIpc) is 2.72. The second-order valence-corrected chi connectivity index (χ2v) is 5.89. The Hall–Kier alpha value is -2.17. The molecule has 0 N–H and O–H groups in total. The Labute approximate surface area is 128 Å². The number of amides is 2. The summed E-state index contributed by atoms with van der Waals surface area (Å²) >= 11 is 0. The third-order valence-corrected chi connectivity index (χ3v) is 3.92. The number of hydrogen-bond donors (Lipinski definition) is 0. The molecule has 0 unspecified atom stereocenters. The lowest BCUT2D eigenvalue weighted by Crippen LogP contribution is -2.32. The zero-order valence-corrected chi connectivity index (χ0v) is 12.7. The molecule has 5 heteroatoms. The summed E-state index contributed by atoms with van der Waals surface area (Å²) in [6.45, 7) is 3.69. The maximum Gasteiger partial charge on any atom is 0.261 e. The molecular formula is C17H18FNO3. The highest BCUT2D eigenvalue weighted by atomic mass is 19.1. The van der Waals surface area contributed by atoms with Crippen molar-refractivity contribution in [1.82, 2.24) is 0 Å². The summed E-state index contributed by atoms with van der Waals surface area (Å²) in [5.74, 6) is -1.000. The van der Waals surface area contributed by atoms with Crippen LogP contribution in [0, 0.1) is 5.82 Å². The Balaban J connectivity index is 1.92. The second kappa shape index (κ2) is 5.55. The molecule has 0 atom stereocenters. The predicted molar refractivity (Wildman–Crippen MR) is 80.2 cm³/mol. The molecule has 0 saturated heterocycles. The lowest BCUT2D eigenvalue weighted by molar-refractivity contribution is -0.120. The molecule has 0 saturated carbocycles. The van der Waals surface area contributed by atoms with Gasteiger partial charge < -0.3 is 4.74 Å². The number of carbonyl (C=O) groups is 2. The van der Waals surface area contributed by atoms with Crippen molar-refractivity contribution in [2.45, 2.75) is 45.6 Å². The van der Waals surface area contributed by atoms with Gasteiger partial charge in [-0.15, -0.1) is 0 Å². The number of halogens is 1. The summed E-state index contributed by atoms with van der Waals surface area (Å²) < 4.78 is 19.8. The van der Waals surface area contributed by atoms with Gasteiger partial charge in [0.2, 0.25) is 0 Å². The summed E-state index contributed by atoms with van der Waals surface area (Å²) in [6, 6.07) is 4.23. The first-order valence-corrected chi connectivity index (χ1v) is 7.56. The normalized spacial score (nSPS) is 18.3. The summed E-state index contributed by atoms with van der Waals surface area (Å²) in [5.41, 5.74) is 1.11. The molecule has 1 aliphatic heterocycles. The summed E-state index contributed by atoms with van der Waals surface area (Å²) in [5, 5.41) is 0. The molecule has 1 aromatic rings. The Morgan fingerprint density at radius 3 is 2.18 bits per heavy atom. The number of hydrogen-bond acceptors (Lipinski definition) is 3. The van der Waals surface area contributed by atoms with E-state index in [1.54, 1.807) is 6.07 Å². The SMILES string of the molecule is CC(C)Oc1ccc(N2C(=O)C3=C(CCCC3)C2=O)c(F)c1. The van der Waals surface area contributed by atoms with Crippen LogP contribution in [0.25, 0.3) is 0 Å². The van der Waals surface area contributed by atoms with Crippen LogP contribution in [0.4, 0.5) is 10.1 Å². The molecule has 3 rings (SSSR count). The maximum atomic E-state index is 14.3. The first-order chi connectivity index (χ1) is 10.5. The minimum Gasteiger partial charge on any atom is -0.491 e. The molecule has 2 amide bonds. The lowest BCUT2D eigenvalue weighted by Gasteiger charge is -2.17. The van der Waals surface area contributed by atoms with Crippen molar-refractivity contribution in [3.8, 4) is 5.75 Å². The third kappa shape index (κ3) is 2.40. The van der Waals surface area contributed by atoms with E-state index in [2.05, 4.69) is 0 Å². The van der Waals surface area contributed by atoms with E-state index in [1.807, 2.05) is 13.8 Å². The van der Waals surface area contributed by atoms with Crippen molar-refractivity contribution >= 4 is 17.5 Å². The van der Waals surface area contributed by atoms with Crippen LogP contribution < -0.4 is 9.64 Å². The molecule has 1 aromatic carbocycles. The van der Waals surface area contributed by atoms with Crippen LogP contribution in [0.3, 0.4) is 0 Å². The van der Waals surface area contributed by atoms with Crippen molar-refractivity contribution in [3.05, 3.63) is 35.2 Å². The largest absolute Gasteiger partial charge is 0.491 e.